The highest BCUT2D eigenvalue weighted by atomic mass is 15.2. The van der Waals surface area contributed by atoms with Gasteiger partial charge in [-0.2, -0.15) is 0 Å². The highest BCUT2D eigenvalue weighted by Gasteiger charge is 2.08. The summed E-state index contributed by atoms with van der Waals surface area (Å²) in [4.78, 5) is 10.6. The van der Waals surface area contributed by atoms with Crippen molar-refractivity contribution in [3.8, 4) is 0 Å². The van der Waals surface area contributed by atoms with Crippen LogP contribution in [0, 0.1) is 0 Å². The number of hydrogen-bond donors (Lipinski definition) is 2. The predicted molar refractivity (Wildman–Crippen MR) is 66.4 cm³/mol. The predicted octanol–water partition coefficient (Wildman–Crippen LogP) is 0.324. The van der Waals surface area contributed by atoms with Gasteiger partial charge in [0.25, 0.3) is 0 Å². The summed E-state index contributed by atoms with van der Waals surface area (Å²) < 4.78 is 0. The molecule has 0 atom stereocenters. The number of rotatable bonds is 6. The van der Waals surface area contributed by atoms with Gasteiger partial charge in [-0.1, -0.05) is 13.8 Å². The van der Waals surface area contributed by atoms with E-state index in [-0.39, 0.29) is 0 Å². The Bertz CT molecular complexity index is 307. The molecule has 0 spiro atoms. The van der Waals surface area contributed by atoms with Gasteiger partial charge in [0.2, 0.25) is 0 Å². The van der Waals surface area contributed by atoms with E-state index in [4.69, 9.17) is 11.5 Å². The zero-order valence-corrected chi connectivity index (χ0v) is 10.1. The van der Waals surface area contributed by atoms with Crippen molar-refractivity contribution in [3.05, 3.63) is 18.1 Å². The fourth-order valence-corrected chi connectivity index (χ4v) is 1.50. The van der Waals surface area contributed by atoms with Crippen LogP contribution < -0.4 is 16.4 Å². The van der Waals surface area contributed by atoms with Gasteiger partial charge in [-0.15, -0.1) is 0 Å². The summed E-state index contributed by atoms with van der Waals surface area (Å²) in [5, 5.41) is 0. The van der Waals surface area contributed by atoms with Gasteiger partial charge in [0.05, 0.1) is 0 Å². The molecule has 1 heterocycles. The molecule has 0 aromatic carbocycles. The number of anilines is 1. The lowest BCUT2D eigenvalue weighted by molar-refractivity contribution is 0.755. The van der Waals surface area contributed by atoms with Crippen molar-refractivity contribution in [2.24, 2.45) is 11.5 Å². The maximum atomic E-state index is 5.57. The Kier molecular flexibility index (Phi) is 5.14. The van der Waals surface area contributed by atoms with Crippen molar-refractivity contribution < 1.29 is 0 Å². The van der Waals surface area contributed by atoms with Crippen molar-refractivity contribution in [1.82, 2.24) is 9.97 Å². The molecule has 0 radical (unpaired) electrons. The number of aromatic nitrogens is 2. The minimum Gasteiger partial charge on any atom is -0.354 e. The molecule has 1 aromatic heterocycles. The maximum Gasteiger partial charge on any atom is 0.132 e. The first kappa shape index (κ1) is 12.9. The van der Waals surface area contributed by atoms with Crippen LogP contribution in [0.25, 0.3) is 0 Å². The second-order valence-corrected chi connectivity index (χ2v) is 4.02. The molecule has 0 fully saturated rings. The van der Waals surface area contributed by atoms with E-state index in [0.717, 1.165) is 24.6 Å². The second kappa shape index (κ2) is 6.40. The Morgan fingerprint density at radius 2 is 1.81 bits per heavy atom. The number of nitrogens with zero attached hydrogens (tertiary/aromatic N) is 3. The molecule has 0 amide bonds. The van der Waals surface area contributed by atoms with Crippen LogP contribution in [0.3, 0.4) is 0 Å². The molecule has 16 heavy (non-hydrogen) atoms. The van der Waals surface area contributed by atoms with E-state index in [9.17, 15) is 0 Å². The van der Waals surface area contributed by atoms with E-state index < -0.39 is 0 Å². The summed E-state index contributed by atoms with van der Waals surface area (Å²) in [5.41, 5.74) is 12.2. The van der Waals surface area contributed by atoms with Gasteiger partial charge in [0.1, 0.15) is 12.1 Å². The molecule has 0 unspecified atom stereocenters. The third-order valence-electron chi connectivity index (χ3n) is 2.39. The highest BCUT2D eigenvalue weighted by Crippen LogP contribution is 2.16. The SMILES string of the molecule is CC(C)c1cc(N(CCN)CCN)ncn1. The third kappa shape index (κ3) is 3.43. The van der Waals surface area contributed by atoms with Crippen molar-refractivity contribution in [1.29, 1.82) is 0 Å². The lowest BCUT2D eigenvalue weighted by Crippen LogP contribution is -2.34. The standard InChI is InChI=1S/C11H21N5/c1-9(2)10-7-11(15-8-14-10)16(5-3-12)6-4-13/h7-9H,3-6,12-13H2,1-2H3. The lowest BCUT2D eigenvalue weighted by Gasteiger charge is -2.22. The van der Waals surface area contributed by atoms with Gasteiger partial charge in [-0.05, 0) is 5.92 Å². The van der Waals surface area contributed by atoms with Crippen LogP contribution in [0.4, 0.5) is 5.82 Å². The fraction of sp³-hybridized carbons (Fsp3) is 0.636. The molecule has 4 N–H and O–H groups in total. The Morgan fingerprint density at radius 3 is 2.31 bits per heavy atom. The summed E-state index contributed by atoms with van der Waals surface area (Å²) in [6, 6.07) is 2.01. The van der Waals surface area contributed by atoms with Crippen LogP contribution in [-0.4, -0.2) is 36.1 Å². The largest absolute Gasteiger partial charge is 0.354 e. The second-order valence-electron chi connectivity index (χ2n) is 4.02. The van der Waals surface area contributed by atoms with Gasteiger partial charge in [0, 0.05) is 37.9 Å². The normalized spacial score (nSPS) is 10.8. The molecule has 5 heteroatoms. The van der Waals surface area contributed by atoms with Crippen LogP contribution in [0.5, 0.6) is 0 Å². The Hall–Kier alpha value is -1.20. The minimum atomic E-state index is 0.402. The van der Waals surface area contributed by atoms with Gasteiger partial charge in [-0.3, -0.25) is 0 Å². The van der Waals surface area contributed by atoms with Gasteiger partial charge in [0.15, 0.2) is 0 Å². The van der Waals surface area contributed by atoms with Crippen LogP contribution in [0.15, 0.2) is 12.4 Å². The number of hydrogen-bond acceptors (Lipinski definition) is 5. The van der Waals surface area contributed by atoms with E-state index in [1.165, 1.54) is 0 Å². The molecule has 0 aliphatic carbocycles. The van der Waals surface area contributed by atoms with Crippen molar-refractivity contribution in [2.75, 3.05) is 31.1 Å². The average molecular weight is 223 g/mol. The Morgan fingerprint density at radius 1 is 1.19 bits per heavy atom. The molecule has 0 aliphatic rings. The first-order chi connectivity index (χ1) is 7.69. The first-order valence-electron chi connectivity index (χ1n) is 5.66. The zero-order chi connectivity index (χ0) is 12.0. The molecule has 0 saturated carbocycles. The van der Waals surface area contributed by atoms with Gasteiger partial charge in [-0.25, -0.2) is 9.97 Å². The van der Waals surface area contributed by atoms with Crippen LogP contribution >= 0.6 is 0 Å². The smallest absolute Gasteiger partial charge is 0.132 e. The summed E-state index contributed by atoms with van der Waals surface area (Å²) in [6.45, 7) is 6.96. The minimum absolute atomic E-state index is 0.402. The summed E-state index contributed by atoms with van der Waals surface area (Å²) in [7, 11) is 0. The molecule has 0 bridgehead atoms. The molecular weight excluding hydrogens is 202 g/mol. The summed E-state index contributed by atoms with van der Waals surface area (Å²) >= 11 is 0. The molecule has 0 aliphatic heterocycles. The average Bonchev–Trinajstić information content (AvgIpc) is 2.29. The Balaban J connectivity index is 2.86. The fourth-order valence-electron chi connectivity index (χ4n) is 1.50. The van der Waals surface area contributed by atoms with Crippen LogP contribution in [0.2, 0.25) is 0 Å². The molecule has 5 nitrogen and oxygen atoms in total. The monoisotopic (exact) mass is 223 g/mol. The van der Waals surface area contributed by atoms with E-state index in [1.54, 1.807) is 6.33 Å². The van der Waals surface area contributed by atoms with Crippen molar-refractivity contribution in [2.45, 2.75) is 19.8 Å². The summed E-state index contributed by atoms with van der Waals surface area (Å²) in [6.07, 6.45) is 1.60. The summed E-state index contributed by atoms with van der Waals surface area (Å²) in [5.74, 6) is 1.31. The zero-order valence-electron chi connectivity index (χ0n) is 10.1. The van der Waals surface area contributed by atoms with E-state index in [1.807, 2.05) is 6.07 Å². The molecule has 1 rings (SSSR count). The quantitative estimate of drug-likeness (QED) is 0.726. The maximum absolute atomic E-state index is 5.57. The lowest BCUT2D eigenvalue weighted by atomic mass is 10.1. The highest BCUT2D eigenvalue weighted by molar-refractivity contribution is 5.39. The van der Waals surface area contributed by atoms with Gasteiger partial charge < -0.3 is 16.4 Å². The number of nitrogens with two attached hydrogens (primary N) is 2. The van der Waals surface area contributed by atoms with Crippen molar-refractivity contribution >= 4 is 5.82 Å². The van der Waals surface area contributed by atoms with E-state index in [2.05, 4.69) is 28.7 Å². The molecular formula is C11H21N5. The topological polar surface area (TPSA) is 81.1 Å². The van der Waals surface area contributed by atoms with Crippen molar-refractivity contribution in [3.63, 3.8) is 0 Å². The van der Waals surface area contributed by atoms with Crippen LogP contribution in [0.1, 0.15) is 25.5 Å². The Labute approximate surface area is 96.9 Å². The molecule has 1 aromatic rings. The van der Waals surface area contributed by atoms with Crippen LogP contribution in [-0.2, 0) is 0 Å². The third-order valence-corrected chi connectivity index (χ3v) is 2.39. The van der Waals surface area contributed by atoms with E-state index in [0.29, 0.717) is 19.0 Å². The van der Waals surface area contributed by atoms with Gasteiger partial charge >= 0.3 is 0 Å². The molecule has 0 saturated heterocycles. The first-order valence-corrected chi connectivity index (χ1v) is 5.66. The molecule has 90 valence electrons. The van der Waals surface area contributed by atoms with E-state index >= 15 is 0 Å².